The van der Waals surface area contributed by atoms with E-state index in [1.807, 2.05) is 18.2 Å². The van der Waals surface area contributed by atoms with Gasteiger partial charge in [-0.1, -0.05) is 17.7 Å². The summed E-state index contributed by atoms with van der Waals surface area (Å²) >= 11 is 5.81. The number of rotatable bonds is 7. The predicted octanol–water partition coefficient (Wildman–Crippen LogP) is 2.28. The zero-order valence-electron chi connectivity index (χ0n) is 14.2. The number of likely N-dealkylation sites (tertiary alicyclic amines) is 1. The fourth-order valence-corrected chi connectivity index (χ4v) is 2.93. The Bertz CT molecular complexity index is 752. The van der Waals surface area contributed by atoms with Crippen LogP contribution in [-0.4, -0.2) is 41.4 Å². The quantitative estimate of drug-likeness (QED) is 0.756. The van der Waals surface area contributed by atoms with Crippen molar-refractivity contribution in [1.82, 2.24) is 15.2 Å². The Hall–Kier alpha value is -2.60. The molecule has 1 aliphatic heterocycles. The molecular weight excluding hydrogens is 354 g/mol. The van der Waals surface area contributed by atoms with Gasteiger partial charge in [0.25, 0.3) is 0 Å². The maximum atomic E-state index is 12.3. The second kappa shape index (κ2) is 8.67. The topological polar surface area (TPSA) is 71.5 Å². The summed E-state index contributed by atoms with van der Waals surface area (Å²) in [7, 11) is 0. The zero-order valence-corrected chi connectivity index (χ0v) is 15.0. The Balaban J connectivity index is 1.41. The SMILES string of the molecule is O=C(NCCOc1ccc(Cl)cc1)C1CC(=O)N(Cc2ccccn2)C1. The molecule has 1 atom stereocenters. The standard InChI is InChI=1S/C19H20ClN3O3/c20-15-4-6-17(7-5-15)26-10-9-22-19(25)14-11-18(24)23(12-14)13-16-3-1-2-8-21-16/h1-8,14H,9-13H2,(H,22,25). The van der Waals surface area contributed by atoms with Crippen molar-refractivity contribution in [1.29, 1.82) is 0 Å². The average molecular weight is 374 g/mol. The summed E-state index contributed by atoms with van der Waals surface area (Å²) in [6.45, 7) is 1.58. The van der Waals surface area contributed by atoms with Crippen LogP contribution >= 0.6 is 11.6 Å². The smallest absolute Gasteiger partial charge is 0.225 e. The third-order valence-corrected chi connectivity index (χ3v) is 4.40. The Morgan fingerprint density at radius 2 is 2.08 bits per heavy atom. The van der Waals surface area contributed by atoms with Crippen LogP contribution in [0.3, 0.4) is 0 Å². The molecule has 3 rings (SSSR count). The number of carbonyl (C=O) groups is 2. The van der Waals surface area contributed by atoms with Crippen LogP contribution in [0.5, 0.6) is 5.75 Å². The molecule has 26 heavy (non-hydrogen) atoms. The lowest BCUT2D eigenvalue weighted by Crippen LogP contribution is -2.35. The molecule has 1 unspecified atom stereocenters. The van der Waals surface area contributed by atoms with Gasteiger partial charge in [-0.25, -0.2) is 0 Å². The molecule has 6 nitrogen and oxygen atoms in total. The van der Waals surface area contributed by atoms with Crippen LogP contribution in [-0.2, 0) is 16.1 Å². The van der Waals surface area contributed by atoms with Gasteiger partial charge >= 0.3 is 0 Å². The van der Waals surface area contributed by atoms with E-state index in [4.69, 9.17) is 16.3 Å². The summed E-state index contributed by atoms with van der Waals surface area (Å²) in [5.74, 6) is 0.220. The van der Waals surface area contributed by atoms with Crippen molar-refractivity contribution in [3.63, 3.8) is 0 Å². The Labute approximate surface area is 157 Å². The minimum Gasteiger partial charge on any atom is -0.492 e. The van der Waals surface area contributed by atoms with E-state index in [2.05, 4.69) is 10.3 Å². The van der Waals surface area contributed by atoms with Crippen molar-refractivity contribution >= 4 is 23.4 Å². The number of nitrogens with zero attached hydrogens (tertiary/aromatic N) is 2. The molecule has 2 amide bonds. The van der Waals surface area contributed by atoms with Crippen LogP contribution in [0.2, 0.25) is 5.02 Å². The molecule has 0 saturated carbocycles. The number of amides is 2. The summed E-state index contributed by atoms with van der Waals surface area (Å²) in [6.07, 6.45) is 1.93. The first-order valence-corrected chi connectivity index (χ1v) is 8.83. The third-order valence-electron chi connectivity index (χ3n) is 4.15. The van der Waals surface area contributed by atoms with Gasteiger partial charge in [-0.2, -0.15) is 0 Å². The normalized spacial score (nSPS) is 16.6. The average Bonchev–Trinajstić information content (AvgIpc) is 3.01. The molecule has 0 spiro atoms. The van der Waals surface area contributed by atoms with Gasteiger partial charge in [-0.05, 0) is 36.4 Å². The first-order valence-electron chi connectivity index (χ1n) is 8.45. The van der Waals surface area contributed by atoms with Crippen LogP contribution in [0.25, 0.3) is 0 Å². The lowest BCUT2D eigenvalue weighted by atomic mass is 10.1. The maximum absolute atomic E-state index is 12.3. The Morgan fingerprint density at radius 1 is 1.27 bits per heavy atom. The summed E-state index contributed by atoms with van der Waals surface area (Å²) in [4.78, 5) is 30.3. The molecule has 136 valence electrons. The van der Waals surface area contributed by atoms with Gasteiger partial charge < -0.3 is 15.0 Å². The summed E-state index contributed by atoms with van der Waals surface area (Å²) in [5.41, 5.74) is 0.818. The highest BCUT2D eigenvalue weighted by molar-refractivity contribution is 6.30. The van der Waals surface area contributed by atoms with Crippen LogP contribution in [0.15, 0.2) is 48.7 Å². The molecule has 1 saturated heterocycles. The molecule has 1 fully saturated rings. The second-order valence-electron chi connectivity index (χ2n) is 6.09. The number of hydrogen-bond donors (Lipinski definition) is 1. The van der Waals surface area contributed by atoms with Gasteiger partial charge in [0.05, 0.1) is 24.7 Å². The highest BCUT2D eigenvalue weighted by atomic mass is 35.5. The molecule has 0 radical (unpaired) electrons. The molecule has 0 aliphatic carbocycles. The molecule has 2 aromatic rings. The fourth-order valence-electron chi connectivity index (χ4n) is 2.81. The number of nitrogens with one attached hydrogen (secondary N) is 1. The van der Waals surface area contributed by atoms with E-state index < -0.39 is 0 Å². The minimum absolute atomic E-state index is 0.0202. The van der Waals surface area contributed by atoms with Crippen LogP contribution < -0.4 is 10.1 Å². The highest BCUT2D eigenvalue weighted by Crippen LogP contribution is 2.20. The minimum atomic E-state index is -0.332. The van der Waals surface area contributed by atoms with Crippen molar-refractivity contribution in [3.05, 3.63) is 59.4 Å². The summed E-state index contributed by atoms with van der Waals surface area (Å²) in [6, 6.07) is 12.6. The summed E-state index contributed by atoms with van der Waals surface area (Å²) in [5, 5.41) is 3.47. The van der Waals surface area contributed by atoms with E-state index in [9.17, 15) is 9.59 Å². The molecule has 1 aliphatic rings. The highest BCUT2D eigenvalue weighted by Gasteiger charge is 2.34. The first kappa shape index (κ1) is 18.2. The lowest BCUT2D eigenvalue weighted by molar-refractivity contribution is -0.129. The van der Waals surface area contributed by atoms with Gasteiger partial charge in [0.2, 0.25) is 11.8 Å². The van der Waals surface area contributed by atoms with Gasteiger partial charge in [-0.3, -0.25) is 14.6 Å². The van der Waals surface area contributed by atoms with E-state index in [1.165, 1.54) is 0 Å². The summed E-state index contributed by atoms with van der Waals surface area (Å²) < 4.78 is 5.54. The Morgan fingerprint density at radius 3 is 2.81 bits per heavy atom. The van der Waals surface area contributed by atoms with Gasteiger partial charge in [0.15, 0.2) is 0 Å². The van der Waals surface area contributed by atoms with E-state index in [1.54, 1.807) is 35.4 Å². The van der Waals surface area contributed by atoms with Crippen molar-refractivity contribution in [2.75, 3.05) is 19.7 Å². The van der Waals surface area contributed by atoms with Crippen molar-refractivity contribution in [3.8, 4) is 5.75 Å². The third kappa shape index (κ3) is 4.95. The van der Waals surface area contributed by atoms with Crippen LogP contribution in [0, 0.1) is 5.92 Å². The van der Waals surface area contributed by atoms with Crippen LogP contribution in [0.1, 0.15) is 12.1 Å². The van der Waals surface area contributed by atoms with Gasteiger partial charge in [-0.15, -0.1) is 0 Å². The van der Waals surface area contributed by atoms with E-state index >= 15 is 0 Å². The number of ether oxygens (including phenoxy) is 1. The first-order chi connectivity index (χ1) is 12.6. The van der Waals surface area contributed by atoms with E-state index in [0.717, 1.165) is 5.69 Å². The molecular formula is C19H20ClN3O3. The maximum Gasteiger partial charge on any atom is 0.225 e. The molecule has 0 bridgehead atoms. The lowest BCUT2D eigenvalue weighted by Gasteiger charge is -2.16. The van der Waals surface area contributed by atoms with E-state index in [0.29, 0.717) is 37.0 Å². The molecule has 1 aromatic carbocycles. The molecule has 1 aromatic heterocycles. The second-order valence-corrected chi connectivity index (χ2v) is 6.53. The van der Waals surface area contributed by atoms with E-state index in [-0.39, 0.29) is 24.2 Å². The van der Waals surface area contributed by atoms with Gasteiger partial charge in [0.1, 0.15) is 12.4 Å². The number of aromatic nitrogens is 1. The number of halogens is 1. The molecule has 7 heteroatoms. The number of pyridine rings is 1. The molecule has 1 N–H and O–H groups in total. The number of hydrogen-bond acceptors (Lipinski definition) is 4. The van der Waals surface area contributed by atoms with Crippen molar-refractivity contribution < 1.29 is 14.3 Å². The number of benzene rings is 1. The van der Waals surface area contributed by atoms with Gasteiger partial charge in [0, 0.05) is 24.2 Å². The fraction of sp³-hybridized carbons (Fsp3) is 0.316. The molecule has 2 heterocycles. The van der Waals surface area contributed by atoms with Crippen molar-refractivity contribution in [2.24, 2.45) is 5.92 Å². The Kier molecular flexibility index (Phi) is 6.07. The van der Waals surface area contributed by atoms with Crippen molar-refractivity contribution in [2.45, 2.75) is 13.0 Å². The monoisotopic (exact) mass is 373 g/mol. The largest absolute Gasteiger partial charge is 0.492 e. The predicted molar refractivity (Wildman–Crippen MR) is 97.7 cm³/mol. The van der Waals surface area contributed by atoms with Crippen LogP contribution in [0.4, 0.5) is 0 Å². The number of carbonyl (C=O) groups excluding carboxylic acids is 2. The zero-order chi connectivity index (χ0) is 18.4.